The molecule has 2 aromatic rings. The summed E-state index contributed by atoms with van der Waals surface area (Å²) in [6.45, 7) is 2.34. The third kappa shape index (κ3) is 3.68. The van der Waals surface area contributed by atoms with Crippen molar-refractivity contribution >= 4 is 34.5 Å². The lowest BCUT2D eigenvalue weighted by Gasteiger charge is -2.07. The number of aromatic nitrogens is 1. The van der Waals surface area contributed by atoms with Crippen LogP contribution in [0.4, 0.5) is 5.69 Å². The highest BCUT2D eigenvalue weighted by Crippen LogP contribution is 2.21. The van der Waals surface area contributed by atoms with Gasteiger partial charge in [-0.05, 0) is 31.5 Å². The SMILES string of the molecule is Cc1ncc(N)cc1C(=O)NCCc1ccc(Cl)s1. The standard InChI is InChI=1S/C13H14ClN3OS/c1-8-11(6-9(15)7-17-8)13(18)16-5-4-10-2-3-12(14)19-10/h2-3,6-7H,4-5,15H2,1H3,(H,16,18). The van der Waals surface area contributed by atoms with Crippen LogP contribution in [-0.4, -0.2) is 17.4 Å². The van der Waals surface area contributed by atoms with Gasteiger partial charge in [0.05, 0.1) is 27.5 Å². The van der Waals surface area contributed by atoms with E-state index in [0.717, 1.165) is 15.6 Å². The molecule has 4 nitrogen and oxygen atoms in total. The third-order valence-electron chi connectivity index (χ3n) is 2.64. The Hall–Kier alpha value is -1.59. The average molecular weight is 296 g/mol. The van der Waals surface area contributed by atoms with Crippen LogP contribution in [0.25, 0.3) is 0 Å². The molecule has 100 valence electrons. The lowest BCUT2D eigenvalue weighted by molar-refractivity contribution is 0.0953. The van der Waals surface area contributed by atoms with Crippen molar-refractivity contribution in [2.45, 2.75) is 13.3 Å². The summed E-state index contributed by atoms with van der Waals surface area (Å²) in [5.74, 6) is -0.153. The molecule has 2 heterocycles. The number of hydrogen-bond acceptors (Lipinski definition) is 4. The molecule has 3 N–H and O–H groups in total. The van der Waals surface area contributed by atoms with E-state index < -0.39 is 0 Å². The Morgan fingerprint density at radius 2 is 2.32 bits per heavy atom. The maximum Gasteiger partial charge on any atom is 0.253 e. The number of rotatable bonds is 4. The van der Waals surface area contributed by atoms with E-state index in [4.69, 9.17) is 17.3 Å². The van der Waals surface area contributed by atoms with E-state index in [1.165, 1.54) is 11.3 Å². The van der Waals surface area contributed by atoms with Crippen LogP contribution in [0.3, 0.4) is 0 Å². The van der Waals surface area contributed by atoms with Crippen LogP contribution in [0.2, 0.25) is 4.34 Å². The molecule has 0 aliphatic carbocycles. The maximum absolute atomic E-state index is 12.0. The van der Waals surface area contributed by atoms with Gasteiger partial charge in [0.1, 0.15) is 0 Å². The molecule has 0 spiro atoms. The summed E-state index contributed by atoms with van der Waals surface area (Å²) in [6.07, 6.45) is 2.30. The molecule has 2 aromatic heterocycles. The van der Waals surface area contributed by atoms with Gasteiger partial charge >= 0.3 is 0 Å². The monoisotopic (exact) mass is 295 g/mol. The Labute approximate surface area is 120 Å². The first-order chi connectivity index (χ1) is 9.06. The minimum absolute atomic E-state index is 0.153. The molecule has 0 aliphatic rings. The van der Waals surface area contributed by atoms with E-state index in [9.17, 15) is 4.79 Å². The van der Waals surface area contributed by atoms with Crippen molar-refractivity contribution in [2.75, 3.05) is 12.3 Å². The molecular weight excluding hydrogens is 282 g/mol. The molecule has 0 fully saturated rings. The van der Waals surface area contributed by atoms with Gasteiger partial charge in [-0.2, -0.15) is 0 Å². The van der Waals surface area contributed by atoms with E-state index in [0.29, 0.717) is 23.5 Å². The van der Waals surface area contributed by atoms with Crippen LogP contribution in [0.15, 0.2) is 24.4 Å². The largest absolute Gasteiger partial charge is 0.397 e. The fourth-order valence-electron chi connectivity index (χ4n) is 1.66. The van der Waals surface area contributed by atoms with Gasteiger partial charge in [0.25, 0.3) is 5.91 Å². The molecule has 2 rings (SSSR count). The summed E-state index contributed by atoms with van der Waals surface area (Å²) >= 11 is 7.37. The molecule has 0 atom stereocenters. The van der Waals surface area contributed by atoms with Gasteiger partial charge in [0, 0.05) is 11.4 Å². The number of amides is 1. The number of thiophene rings is 1. The third-order valence-corrected chi connectivity index (χ3v) is 3.93. The minimum Gasteiger partial charge on any atom is -0.397 e. The van der Waals surface area contributed by atoms with E-state index in [2.05, 4.69) is 10.3 Å². The molecule has 19 heavy (non-hydrogen) atoms. The van der Waals surface area contributed by atoms with Crippen LogP contribution in [0.5, 0.6) is 0 Å². The van der Waals surface area contributed by atoms with Gasteiger partial charge in [0.15, 0.2) is 0 Å². The summed E-state index contributed by atoms with van der Waals surface area (Å²) < 4.78 is 0.761. The van der Waals surface area contributed by atoms with E-state index in [1.807, 2.05) is 12.1 Å². The number of halogens is 1. The van der Waals surface area contributed by atoms with Crippen molar-refractivity contribution in [1.82, 2.24) is 10.3 Å². The Bertz CT molecular complexity index is 597. The molecule has 0 bridgehead atoms. The van der Waals surface area contributed by atoms with E-state index in [1.54, 1.807) is 19.2 Å². The van der Waals surface area contributed by atoms with Gasteiger partial charge in [0.2, 0.25) is 0 Å². The average Bonchev–Trinajstić information content (AvgIpc) is 2.78. The minimum atomic E-state index is -0.153. The van der Waals surface area contributed by atoms with Gasteiger partial charge in [-0.1, -0.05) is 11.6 Å². The molecule has 0 saturated carbocycles. The lowest BCUT2D eigenvalue weighted by Crippen LogP contribution is -2.26. The number of nitrogens with one attached hydrogen (secondary N) is 1. The first kappa shape index (κ1) is 13.8. The highest BCUT2D eigenvalue weighted by molar-refractivity contribution is 7.16. The molecule has 0 radical (unpaired) electrons. The number of carbonyl (C=O) groups excluding carboxylic acids is 1. The number of carbonyl (C=O) groups is 1. The normalized spacial score (nSPS) is 10.4. The second kappa shape index (κ2) is 6.04. The number of nitrogen functional groups attached to an aromatic ring is 1. The Morgan fingerprint density at radius 1 is 1.53 bits per heavy atom. The van der Waals surface area contributed by atoms with Crippen LogP contribution in [0.1, 0.15) is 20.9 Å². The quantitative estimate of drug-likeness (QED) is 0.911. The number of hydrogen-bond donors (Lipinski definition) is 2. The van der Waals surface area contributed by atoms with Crippen molar-refractivity contribution in [2.24, 2.45) is 0 Å². The van der Waals surface area contributed by atoms with Crippen molar-refractivity contribution < 1.29 is 4.79 Å². The number of aryl methyl sites for hydroxylation is 1. The molecular formula is C13H14ClN3OS. The zero-order chi connectivity index (χ0) is 13.8. The van der Waals surface area contributed by atoms with Crippen LogP contribution >= 0.6 is 22.9 Å². The topological polar surface area (TPSA) is 68.0 Å². The molecule has 0 aromatic carbocycles. The van der Waals surface area contributed by atoms with E-state index >= 15 is 0 Å². The van der Waals surface area contributed by atoms with Crippen molar-refractivity contribution in [3.8, 4) is 0 Å². The molecule has 0 saturated heterocycles. The smallest absolute Gasteiger partial charge is 0.253 e. The predicted octanol–water partition coefficient (Wildman–Crippen LogP) is 2.66. The van der Waals surface area contributed by atoms with Gasteiger partial charge < -0.3 is 11.1 Å². The van der Waals surface area contributed by atoms with Crippen molar-refractivity contribution in [1.29, 1.82) is 0 Å². The van der Waals surface area contributed by atoms with Gasteiger partial charge in [-0.25, -0.2) is 0 Å². The highest BCUT2D eigenvalue weighted by atomic mass is 35.5. The Balaban J connectivity index is 1.92. The summed E-state index contributed by atoms with van der Waals surface area (Å²) in [7, 11) is 0. The second-order valence-electron chi connectivity index (χ2n) is 4.11. The Morgan fingerprint density at radius 3 is 3.00 bits per heavy atom. The number of nitrogens with two attached hydrogens (primary N) is 1. The summed E-state index contributed by atoms with van der Waals surface area (Å²) in [6, 6.07) is 5.46. The molecule has 0 aliphatic heterocycles. The number of pyridine rings is 1. The molecule has 6 heteroatoms. The van der Waals surface area contributed by atoms with Gasteiger partial charge in [-0.15, -0.1) is 11.3 Å². The first-order valence-electron chi connectivity index (χ1n) is 5.81. The molecule has 0 unspecified atom stereocenters. The second-order valence-corrected chi connectivity index (χ2v) is 5.91. The first-order valence-corrected chi connectivity index (χ1v) is 7.00. The van der Waals surface area contributed by atoms with E-state index in [-0.39, 0.29) is 5.91 Å². The van der Waals surface area contributed by atoms with Crippen molar-refractivity contribution in [3.05, 3.63) is 44.9 Å². The van der Waals surface area contributed by atoms with Crippen LogP contribution in [0, 0.1) is 6.92 Å². The van der Waals surface area contributed by atoms with Crippen LogP contribution in [-0.2, 0) is 6.42 Å². The number of anilines is 1. The number of nitrogens with zero attached hydrogens (tertiary/aromatic N) is 1. The zero-order valence-electron chi connectivity index (χ0n) is 10.4. The summed E-state index contributed by atoms with van der Waals surface area (Å²) in [5.41, 5.74) is 7.31. The highest BCUT2D eigenvalue weighted by Gasteiger charge is 2.10. The maximum atomic E-state index is 12.0. The fourth-order valence-corrected chi connectivity index (χ4v) is 2.75. The van der Waals surface area contributed by atoms with Gasteiger partial charge in [-0.3, -0.25) is 9.78 Å². The zero-order valence-corrected chi connectivity index (χ0v) is 12.0. The van der Waals surface area contributed by atoms with Crippen LogP contribution < -0.4 is 11.1 Å². The molecule has 1 amide bonds. The lowest BCUT2D eigenvalue weighted by atomic mass is 10.2. The van der Waals surface area contributed by atoms with Crippen molar-refractivity contribution in [3.63, 3.8) is 0 Å². The predicted molar refractivity (Wildman–Crippen MR) is 78.8 cm³/mol. The summed E-state index contributed by atoms with van der Waals surface area (Å²) in [5, 5.41) is 2.85. The summed E-state index contributed by atoms with van der Waals surface area (Å²) in [4.78, 5) is 17.2. The Kier molecular flexibility index (Phi) is 4.39. The fraction of sp³-hybridized carbons (Fsp3) is 0.231.